The van der Waals surface area contributed by atoms with E-state index in [2.05, 4.69) is 0 Å². The minimum atomic E-state index is -0.0926. The number of rotatable bonds is 1. The number of ketones is 1. The van der Waals surface area contributed by atoms with Gasteiger partial charge in [-0.15, -0.1) is 0 Å². The third kappa shape index (κ3) is 2.34. The monoisotopic (exact) mass is 152 g/mol. The number of allylic oxidation sites excluding steroid dienone is 1. The molecular weight excluding hydrogens is 147 g/mol. The highest BCUT2D eigenvalue weighted by Gasteiger charge is 1.99. The third-order valence-electron chi connectivity index (χ3n) is 0.812. The zero-order valence-electron chi connectivity index (χ0n) is 4.66. The fraction of sp³-hybridized carbons (Fsp3) is 0.400. The summed E-state index contributed by atoms with van der Waals surface area (Å²) in [6, 6.07) is 0. The van der Waals surface area contributed by atoms with Crippen molar-refractivity contribution in [3.8, 4) is 0 Å². The van der Waals surface area contributed by atoms with Gasteiger partial charge in [0.15, 0.2) is 5.78 Å². The van der Waals surface area contributed by atoms with Crippen molar-refractivity contribution in [1.82, 2.24) is 0 Å². The molecule has 0 fully saturated rings. The molecule has 0 aliphatic rings. The van der Waals surface area contributed by atoms with Crippen LogP contribution in [0.4, 0.5) is 0 Å². The van der Waals surface area contributed by atoms with Gasteiger partial charge in [-0.25, -0.2) is 0 Å². The number of Topliss-reactive ketones (excluding diaryl/α,β-unsaturated/α-hetero) is 1. The Labute approximate surface area is 58.3 Å². The minimum Gasteiger partial charge on any atom is -0.295 e. The second-order valence-electron chi connectivity index (χ2n) is 1.44. The van der Waals surface area contributed by atoms with Gasteiger partial charge in [-0.1, -0.05) is 23.2 Å². The Kier molecular flexibility index (Phi) is 3.10. The van der Waals surface area contributed by atoms with Crippen molar-refractivity contribution in [3.05, 3.63) is 10.1 Å². The molecule has 0 saturated carbocycles. The molecule has 0 rings (SSSR count). The predicted molar refractivity (Wildman–Crippen MR) is 35.1 cm³/mol. The molecule has 0 aromatic rings. The molecule has 0 heterocycles. The molecule has 0 unspecified atom stereocenters. The van der Waals surface area contributed by atoms with Gasteiger partial charge in [0.05, 0.1) is 0 Å². The summed E-state index contributed by atoms with van der Waals surface area (Å²) in [4.78, 5) is 10.4. The first kappa shape index (κ1) is 7.99. The van der Waals surface area contributed by atoms with Gasteiger partial charge in [0.2, 0.25) is 0 Å². The van der Waals surface area contributed by atoms with E-state index in [4.69, 9.17) is 23.2 Å². The fourth-order valence-electron chi connectivity index (χ4n) is 0.133. The van der Waals surface area contributed by atoms with Crippen molar-refractivity contribution in [2.24, 2.45) is 0 Å². The maximum absolute atomic E-state index is 10.4. The van der Waals surface area contributed by atoms with Gasteiger partial charge < -0.3 is 0 Å². The molecule has 0 bridgehead atoms. The second-order valence-corrected chi connectivity index (χ2v) is 2.39. The second kappa shape index (κ2) is 3.10. The average Bonchev–Trinajstić information content (AvgIpc) is 1.64. The molecule has 0 aliphatic heterocycles. The van der Waals surface area contributed by atoms with E-state index in [1.54, 1.807) is 6.92 Å². The molecule has 1 nitrogen and oxygen atoms in total. The molecule has 46 valence electrons. The van der Waals surface area contributed by atoms with Crippen LogP contribution in [0.25, 0.3) is 0 Å². The van der Waals surface area contributed by atoms with E-state index in [-0.39, 0.29) is 10.3 Å². The van der Waals surface area contributed by atoms with E-state index in [1.165, 1.54) is 6.92 Å². The number of carbonyl (C=O) groups is 1. The summed E-state index contributed by atoms with van der Waals surface area (Å²) < 4.78 is 0.0532. The molecule has 0 aliphatic carbocycles. The van der Waals surface area contributed by atoms with Crippen LogP contribution in [0, 0.1) is 0 Å². The first-order chi connectivity index (χ1) is 3.55. The number of halogens is 2. The van der Waals surface area contributed by atoms with Gasteiger partial charge >= 0.3 is 0 Å². The molecule has 3 heteroatoms. The van der Waals surface area contributed by atoms with Gasteiger partial charge in [0.25, 0.3) is 0 Å². The SMILES string of the molecule is CC(=O)C(C)=C(Cl)Cl. The maximum Gasteiger partial charge on any atom is 0.157 e. The Morgan fingerprint density at radius 2 is 1.62 bits per heavy atom. The molecule has 0 saturated heterocycles. The van der Waals surface area contributed by atoms with Gasteiger partial charge in [0, 0.05) is 5.57 Å². The topological polar surface area (TPSA) is 17.1 Å². The van der Waals surface area contributed by atoms with Crippen LogP contribution in [-0.4, -0.2) is 5.78 Å². The molecule has 8 heavy (non-hydrogen) atoms. The highest BCUT2D eigenvalue weighted by atomic mass is 35.5. The summed E-state index contributed by atoms with van der Waals surface area (Å²) >= 11 is 10.5. The minimum absolute atomic E-state index is 0.0532. The first-order valence-corrected chi connectivity index (χ1v) is 2.84. The van der Waals surface area contributed by atoms with Crippen LogP contribution in [0.2, 0.25) is 0 Å². The first-order valence-electron chi connectivity index (χ1n) is 2.08. The van der Waals surface area contributed by atoms with E-state index in [0.717, 1.165) is 0 Å². The Morgan fingerprint density at radius 1 is 1.25 bits per heavy atom. The zero-order valence-corrected chi connectivity index (χ0v) is 6.18. The van der Waals surface area contributed by atoms with Crippen LogP contribution in [0.1, 0.15) is 13.8 Å². The summed E-state index contributed by atoms with van der Waals surface area (Å²) in [7, 11) is 0. The van der Waals surface area contributed by atoms with E-state index in [9.17, 15) is 4.79 Å². The van der Waals surface area contributed by atoms with Crippen molar-refractivity contribution in [1.29, 1.82) is 0 Å². The lowest BCUT2D eigenvalue weighted by Gasteiger charge is -1.89. The smallest absolute Gasteiger partial charge is 0.157 e. The molecule has 0 amide bonds. The summed E-state index contributed by atoms with van der Waals surface area (Å²) in [6.45, 7) is 3.00. The zero-order chi connectivity index (χ0) is 6.73. The van der Waals surface area contributed by atoms with Crippen molar-refractivity contribution < 1.29 is 4.79 Å². The van der Waals surface area contributed by atoms with Crippen LogP contribution in [0.3, 0.4) is 0 Å². The van der Waals surface area contributed by atoms with E-state index in [0.29, 0.717) is 5.57 Å². The maximum atomic E-state index is 10.4. The normalized spacial score (nSPS) is 8.50. The van der Waals surface area contributed by atoms with Crippen LogP contribution in [-0.2, 0) is 4.79 Å². The Bertz CT molecular complexity index is 133. The highest BCUT2D eigenvalue weighted by Crippen LogP contribution is 2.13. The average molecular weight is 153 g/mol. The van der Waals surface area contributed by atoms with Crippen molar-refractivity contribution in [2.45, 2.75) is 13.8 Å². The molecule has 0 aromatic heterocycles. The van der Waals surface area contributed by atoms with Crippen LogP contribution in [0.5, 0.6) is 0 Å². The van der Waals surface area contributed by atoms with Crippen molar-refractivity contribution in [3.63, 3.8) is 0 Å². The number of hydrogen-bond donors (Lipinski definition) is 0. The van der Waals surface area contributed by atoms with E-state index in [1.807, 2.05) is 0 Å². The standard InChI is InChI=1S/C5H6Cl2O/c1-3(4(2)8)5(6)7/h1-2H3. The summed E-state index contributed by atoms with van der Waals surface area (Å²) in [5.74, 6) is -0.0926. The Hall–Kier alpha value is -0.0100. The Morgan fingerprint density at radius 3 is 1.62 bits per heavy atom. The number of hydrogen-bond acceptors (Lipinski definition) is 1. The largest absolute Gasteiger partial charge is 0.295 e. The van der Waals surface area contributed by atoms with Gasteiger partial charge in [-0.2, -0.15) is 0 Å². The summed E-state index contributed by atoms with van der Waals surface area (Å²) in [6.07, 6.45) is 0. The Balaban J connectivity index is 4.23. The summed E-state index contributed by atoms with van der Waals surface area (Å²) in [5.41, 5.74) is 0.410. The quantitative estimate of drug-likeness (QED) is 0.528. The molecular formula is C5H6Cl2O. The fourth-order valence-corrected chi connectivity index (χ4v) is 0.399. The molecule has 0 aromatic carbocycles. The lowest BCUT2D eigenvalue weighted by molar-refractivity contribution is -0.113. The summed E-state index contributed by atoms with van der Waals surface area (Å²) in [5, 5.41) is 0. The van der Waals surface area contributed by atoms with Crippen LogP contribution < -0.4 is 0 Å². The molecule has 0 N–H and O–H groups in total. The van der Waals surface area contributed by atoms with Gasteiger partial charge in [-0.3, -0.25) is 4.79 Å². The van der Waals surface area contributed by atoms with E-state index >= 15 is 0 Å². The molecule has 0 atom stereocenters. The highest BCUT2D eigenvalue weighted by molar-refractivity contribution is 6.57. The van der Waals surface area contributed by atoms with Gasteiger partial charge in [0.1, 0.15) is 4.49 Å². The predicted octanol–water partition coefficient (Wildman–Crippen LogP) is 2.28. The van der Waals surface area contributed by atoms with Crippen molar-refractivity contribution in [2.75, 3.05) is 0 Å². The lowest BCUT2D eigenvalue weighted by atomic mass is 10.2. The van der Waals surface area contributed by atoms with E-state index < -0.39 is 0 Å². The number of carbonyl (C=O) groups excluding carboxylic acids is 1. The lowest BCUT2D eigenvalue weighted by Crippen LogP contribution is -1.90. The van der Waals surface area contributed by atoms with Gasteiger partial charge in [-0.05, 0) is 13.8 Å². The van der Waals surface area contributed by atoms with Crippen molar-refractivity contribution >= 4 is 29.0 Å². The van der Waals surface area contributed by atoms with Crippen LogP contribution in [0.15, 0.2) is 10.1 Å². The van der Waals surface area contributed by atoms with Crippen LogP contribution >= 0.6 is 23.2 Å². The molecule has 0 radical (unpaired) electrons. The third-order valence-corrected chi connectivity index (χ3v) is 1.38. The molecule has 0 spiro atoms.